The number of anilines is 1. The quantitative estimate of drug-likeness (QED) is 0.478. The Hall–Kier alpha value is -3.53. The molecule has 3 aromatic rings. The number of halogens is 2. The normalized spacial score (nSPS) is 13.1. The number of imide groups is 1. The second-order valence-electron chi connectivity index (χ2n) is 6.32. The molecule has 152 valence electrons. The first-order chi connectivity index (χ1) is 14.4. The predicted octanol–water partition coefficient (Wildman–Crippen LogP) is 3.70. The van der Waals surface area contributed by atoms with Gasteiger partial charge in [-0.05, 0) is 24.3 Å². The number of aromatic nitrogens is 2. The number of nitrogens with zero attached hydrogens (tertiary/aromatic N) is 3. The number of nitrogens with one attached hydrogen (secondary N) is 1. The molecule has 0 fully saturated rings. The maximum Gasteiger partial charge on any atom is 0.288 e. The van der Waals surface area contributed by atoms with Gasteiger partial charge >= 0.3 is 0 Å². The first-order valence-electron chi connectivity index (χ1n) is 8.77. The SMILES string of the molecule is O=C(Nc1cnn(CN2C(=O)c3ccccc3C2=O)c1)c1ccccc1SC(F)F. The molecule has 3 amide bonds. The van der Waals surface area contributed by atoms with E-state index in [-0.39, 0.29) is 28.9 Å². The zero-order chi connectivity index (χ0) is 21.3. The number of rotatable bonds is 6. The summed E-state index contributed by atoms with van der Waals surface area (Å²) in [5, 5.41) is 6.65. The number of carbonyl (C=O) groups is 3. The van der Waals surface area contributed by atoms with Gasteiger partial charge in [0.2, 0.25) is 0 Å². The van der Waals surface area contributed by atoms with Crippen LogP contribution >= 0.6 is 11.8 Å². The third-order valence-corrected chi connectivity index (χ3v) is 5.19. The van der Waals surface area contributed by atoms with Crippen LogP contribution in [0.15, 0.2) is 65.8 Å². The van der Waals surface area contributed by atoms with E-state index >= 15 is 0 Å². The van der Waals surface area contributed by atoms with Gasteiger partial charge in [-0.15, -0.1) is 0 Å². The Morgan fingerprint density at radius 2 is 1.67 bits per heavy atom. The van der Waals surface area contributed by atoms with Gasteiger partial charge in [-0.25, -0.2) is 0 Å². The molecule has 0 bridgehead atoms. The topological polar surface area (TPSA) is 84.3 Å². The molecule has 1 aromatic heterocycles. The maximum absolute atomic E-state index is 12.7. The number of alkyl halides is 2. The summed E-state index contributed by atoms with van der Waals surface area (Å²) in [6, 6.07) is 12.6. The molecule has 0 spiro atoms. The van der Waals surface area contributed by atoms with Crippen molar-refractivity contribution < 1.29 is 23.2 Å². The Balaban J connectivity index is 1.46. The van der Waals surface area contributed by atoms with E-state index in [1.54, 1.807) is 36.4 Å². The fourth-order valence-electron chi connectivity index (χ4n) is 3.07. The van der Waals surface area contributed by atoms with Crippen molar-refractivity contribution in [3.05, 3.63) is 77.6 Å². The van der Waals surface area contributed by atoms with Gasteiger partial charge in [-0.3, -0.25) is 24.0 Å². The fourth-order valence-corrected chi connectivity index (χ4v) is 3.71. The third kappa shape index (κ3) is 3.81. The fraction of sp³-hybridized carbons (Fsp3) is 0.100. The van der Waals surface area contributed by atoms with Crippen LogP contribution in [-0.2, 0) is 6.67 Å². The van der Waals surface area contributed by atoms with Crippen molar-refractivity contribution in [2.75, 3.05) is 5.32 Å². The summed E-state index contributed by atoms with van der Waals surface area (Å²) in [6.45, 7) is -0.125. The van der Waals surface area contributed by atoms with E-state index < -0.39 is 23.5 Å². The van der Waals surface area contributed by atoms with Gasteiger partial charge in [-0.2, -0.15) is 13.9 Å². The van der Waals surface area contributed by atoms with Gasteiger partial charge in [0.25, 0.3) is 23.5 Å². The molecule has 0 saturated carbocycles. The van der Waals surface area contributed by atoms with E-state index in [1.165, 1.54) is 29.2 Å². The molecule has 2 aromatic carbocycles. The van der Waals surface area contributed by atoms with Crippen LogP contribution in [0.1, 0.15) is 31.1 Å². The van der Waals surface area contributed by atoms with Crippen molar-refractivity contribution >= 4 is 35.2 Å². The number of thioether (sulfide) groups is 1. The van der Waals surface area contributed by atoms with Crippen LogP contribution < -0.4 is 5.32 Å². The molecule has 2 heterocycles. The van der Waals surface area contributed by atoms with Crippen LogP contribution in [0.3, 0.4) is 0 Å². The van der Waals surface area contributed by atoms with E-state index in [4.69, 9.17) is 0 Å². The number of fused-ring (bicyclic) bond motifs is 1. The second-order valence-corrected chi connectivity index (χ2v) is 7.35. The van der Waals surface area contributed by atoms with E-state index in [1.807, 2.05) is 0 Å². The average molecular weight is 428 g/mol. The van der Waals surface area contributed by atoms with Crippen LogP contribution in [0.4, 0.5) is 14.5 Å². The van der Waals surface area contributed by atoms with Crippen molar-refractivity contribution in [3.8, 4) is 0 Å². The Morgan fingerprint density at radius 3 is 2.33 bits per heavy atom. The Kier molecular flexibility index (Phi) is 5.32. The predicted molar refractivity (Wildman–Crippen MR) is 105 cm³/mol. The summed E-state index contributed by atoms with van der Waals surface area (Å²) in [7, 11) is 0. The van der Waals surface area contributed by atoms with Crippen LogP contribution in [0.25, 0.3) is 0 Å². The van der Waals surface area contributed by atoms with Crippen LogP contribution in [0.2, 0.25) is 0 Å². The highest BCUT2D eigenvalue weighted by Gasteiger charge is 2.35. The molecular formula is C20H14F2N4O3S. The highest BCUT2D eigenvalue weighted by molar-refractivity contribution is 7.99. The van der Waals surface area contributed by atoms with E-state index in [0.717, 1.165) is 4.90 Å². The minimum Gasteiger partial charge on any atom is -0.319 e. The monoisotopic (exact) mass is 428 g/mol. The van der Waals surface area contributed by atoms with E-state index in [2.05, 4.69) is 10.4 Å². The molecule has 1 aliphatic rings. The van der Waals surface area contributed by atoms with Crippen molar-refractivity contribution in [1.29, 1.82) is 0 Å². The number of hydrogen-bond donors (Lipinski definition) is 1. The first kappa shape index (κ1) is 19.8. The van der Waals surface area contributed by atoms with Crippen LogP contribution in [0.5, 0.6) is 0 Å². The van der Waals surface area contributed by atoms with Gasteiger partial charge < -0.3 is 5.32 Å². The molecule has 0 saturated heterocycles. The van der Waals surface area contributed by atoms with Gasteiger partial charge in [0.05, 0.1) is 34.8 Å². The van der Waals surface area contributed by atoms with Crippen molar-refractivity contribution in [2.45, 2.75) is 17.3 Å². The largest absolute Gasteiger partial charge is 0.319 e. The van der Waals surface area contributed by atoms with Crippen LogP contribution in [0, 0.1) is 0 Å². The smallest absolute Gasteiger partial charge is 0.288 e. The molecule has 10 heteroatoms. The van der Waals surface area contributed by atoms with Crippen LogP contribution in [-0.4, -0.2) is 38.2 Å². The minimum atomic E-state index is -2.65. The van der Waals surface area contributed by atoms with Crippen molar-refractivity contribution in [1.82, 2.24) is 14.7 Å². The third-order valence-electron chi connectivity index (χ3n) is 4.40. The van der Waals surface area contributed by atoms with Gasteiger partial charge in [0, 0.05) is 4.90 Å². The van der Waals surface area contributed by atoms with Crippen molar-refractivity contribution in [3.63, 3.8) is 0 Å². The average Bonchev–Trinajstić information content (AvgIpc) is 3.26. The summed E-state index contributed by atoms with van der Waals surface area (Å²) in [6.07, 6.45) is 2.79. The standard InChI is InChI=1S/C20H14F2N4O3S/c21-20(22)30-16-8-4-3-7-15(16)17(27)24-12-9-23-25(10-12)11-26-18(28)13-5-1-2-6-14(13)19(26)29/h1-10,20H,11H2,(H,24,27). The number of amides is 3. The van der Waals surface area contributed by atoms with Gasteiger partial charge in [0.1, 0.15) is 6.67 Å². The number of benzene rings is 2. The maximum atomic E-state index is 12.7. The molecule has 0 unspecified atom stereocenters. The summed E-state index contributed by atoms with van der Waals surface area (Å²) >= 11 is 0.288. The first-order valence-corrected chi connectivity index (χ1v) is 9.65. The summed E-state index contributed by atoms with van der Waals surface area (Å²) in [5.74, 6) is -4.07. The Morgan fingerprint density at radius 1 is 1.03 bits per heavy atom. The molecule has 7 nitrogen and oxygen atoms in total. The number of hydrogen-bond acceptors (Lipinski definition) is 5. The highest BCUT2D eigenvalue weighted by atomic mass is 32.2. The zero-order valence-corrected chi connectivity index (χ0v) is 16.1. The van der Waals surface area contributed by atoms with Crippen molar-refractivity contribution in [2.24, 2.45) is 0 Å². The summed E-state index contributed by atoms with van der Waals surface area (Å²) in [4.78, 5) is 38.6. The lowest BCUT2D eigenvalue weighted by molar-refractivity contribution is 0.0597. The lowest BCUT2D eigenvalue weighted by Crippen LogP contribution is -2.32. The lowest BCUT2D eigenvalue weighted by atomic mass is 10.1. The van der Waals surface area contributed by atoms with Gasteiger partial charge in [-0.1, -0.05) is 36.0 Å². The zero-order valence-electron chi connectivity index (χ0n) is 15.3. The number of carbonyl (C=O) groups excluding carboxylic acids is 3. The molecule has 1 aliphatic heterocycles. The van der Waals surface area contributed by atoms with E-state index in [0.29, 0.717) is 16.8 Å². The molecule has 0 radical (unpaired) electrons. The molecule has 0 aliphatic carbocycles. The lowest BCUT2D eigenvalue weighted by Gasteiger charge is -2.13. The molecule has 4 rings (SSSR count). The highest BCUT2D eigenvalue weighted by Crippen LogP contribution is 2.29. The molecule has 0 atom stereocenters. The van der Waals surface area contributed by atoms with E-state index in [9.17, 15) is 23.2 Å². The second kappa shape index (κ2) is 8.07. The summed E-state index contributed by atoms with van der Waals surface area (Å²) < 4.78 is 26.7. The summed E-state index contributed by atoms with van der Waals surface area (Å²) in [5.41, 5.74) is 1.07. The minimum absolute atomic E-state index is 0.107. The molecule has 1 N–H and O–H groups in total. The Labute approximate surface area is 173 Å². The molecule has 30 heavy (non-hydrogen) atoms. The van der Waals surface area contributed by atoms with Gasteiger partial charge in [0.15, 0.2) is 0 Å². The Bertz CT molecular complexity index is 1110. The molecular weight excluding hydrogens is 414 g/mol.